The molecule has 1 aliphatic heterocycles. The van der Waals surface area contributed by atoms with Gasteiger partial charge in [-0.2, -0.15) is 0 Å². The van der Waals surface area contributed by atoms with Crippen LogP contribution in [0, 0.1) is 0 Å². The number of H-pyrrole nitrogens is 1. The van der Waals surface area contributed by atoms with E-state index in [1.807, 2.05) is 19.9 Å². The molecule has 0 bridgehead atoms. The first kappa shape index (κ1) is 16.0. The first-order valence-corrected chi connectivity index (χ1v) is 8.94. The van der Waals surface area contributed by atoms with Crippen LogP contribution < -0.4 is 14.8 Å². The molecule has 4 rings (SSSR count). The van der Waals surface area contributed by atoms with Crippen LogP contribution in [0.4, 0.5) is 0 Å². The maximum atomic E-state index is 5.85. The van der Waals surface area contributed by atoms with Crippen molar-refractivity contribution < 1.29 is 14.8 Å². The number of aromatic nitrogens is 1. The quantitative estimate of drug-likeness (QED) is 0.768. The maximum absolute atomic E-state index is 5.85. The van der Waals surface area contributed by atoms with Crippen LogP contribution in [0.5, 0.6) is 11.5 Å². The number of nitrogens with one attached hydrogen (secondary N) is 1. The number of ether oxygens (including phenoxy) is 2. The number of para-hydroxylation sites is 1. The SMILES string of the molecule is COc1cc(C2[NH2+]CCc3c2[nH]c2ccccc32)ccc1OC(C)C. The second-order valence-electron chi connectivity index (χ2n) is 6.89. The van der Waals surface area contributed by atoms with Crippen molar-refractivity contribution >= 4 is 10.9 Å². The van der Waals surface area contributed by atoms with E-state index in [2.05, 4.69) is 46.7 Å². The summed E-state index contributed by atoms with van der Waals surface area (Å²) in [5, 5.41) is 3.75. The summed E-state index contributed by atoms with van der Waals surface area (Å²) in [6.07, 6.45) is 1.22. The number of quaternary nitrogens is 1. The van der Waals surface area contributed by atoms with Gasteiger partial charge in [-0.25, -0.2) is 0 Å². The summed E-state index contributed by atoms with van der Waals surface area (Å²) < 4.78 is 11.4. The van der Waals surface area contributed by atoms with E-state index in [1.165, 1.54) is 27.7 Å². The standard InChI is InChI=1S/C21H24N2O2/c1-13(2)25-18-9-8-14(12-19(18)24-3)20-21-16(10-11-22-20)15-6-4-5-7-17(15)23-21/h4-9,12-13,20,22-23H,10-11H2,1-3H3/p+1. The van der Waals surface area contributed by atoms with Crippen molar-refractivity contribution in [2.24, 2.45) is 0 Å². The number of methoxy groups -OCH3 is 1. The van der Waals surface area contributed by atoms with E-state index in [4.69, 9.17) is 9.47 Å². The molecule has 3 aromatic rings. The zero-order chi connectivity index (χ0) is 17.4. The van der Waals surface area contributed by atoms with Gasteiger partial charge in [0.05, 0.1) is 25.5 Å². The molecular weight excluding hydrogens is 312 g/mol. The number of benzene rings is 2. The molecule has 3 N–H and O–H groups in total. The molecule has 0 spiro atoms. The summed E-state index contributed by atoms with van der Waals surface area (Å²) in [5.74, 6) is 1.59. The number of fused-ring (bicyclic) bond motifs is 3. The number of hydrogen-bond acceptors (Lipinski definition) is 2. The summed E-state index contributed by atoms with van der Waals surface area (Å²) in [4.78, 5) is 3.65. The van der Waals surface area contributed by atoms with Crippen molar-refractivity contribution in [3.8, 4) is 11.5 Å². The van der Waals surface area contributed by atoms with Gasteiger partial charge >= 0.3 is 0 Å². The lowest BCUT2D eigenvalue weighted by atomic mass is 9.94. The summed E-state index contributed by atoms with van der Waals surface area (Å²) >= 11 is 0. The van der Waals surface area contributed by atoms with E-state index in [0.717, 1.165) is 24.5 Å². The molecule has 2 aromatic carbocycles. The summed E-state index contributed by atoms with van der Waals surface area (Å²) in [6.45, 7) is 5.14. The molecule has 0 radical (unpaired) electrons. The molecule has 1 aliphatic rings. The van der Waals surface area contributed by atoms with Crippen LogP contribution in [0.25, 0.3) is 10.9 Å². The monoisotopic (exact) mass is 337 g/mol. The van der Waals surface area contributed by atoms with Gasteiger partial charge in [-0.3, -0.25) is 0 Å². The van der Waals surface area contributed by atoms with Crippen molar-refractivity contribution in [3.63, 3.8) is 0 Å². The molecule has 1 aromatic heterocycles. The Balaban J connectivity index is 1.76. The molecule has 0 aliphatic carbocycles. The second-order valence-corrected chi connectivity index (χ2v) is 6.89. The molecule has 130 valence electrons. The highest BCUT2D eigenvalue weighted by atomic mass is 16.5. The third-order valence-electron chi connectivity index (χ3n) is 4.86. The average Bonchev–Trinajstić information content (AvgIpc) is 3.00. The van der Waals surface area contributed by atoms with Crippen LogP contribution in [0.2, 0.25) is 0 Å². The largest absolute Gasteiger partial charge is 0.493 e. The first-order valence-electron chi connectivity index (χ1n) is 8.94. The smallest absolute Gasteiger partial charge is 0.161 e. The molecule has 1 atom stereocenters. The van der Waals surface area contributed by atoms with Crippen molar-refractivity contribution in [2.75, 3.05) is 13.7 Å². The Hall–Kier alpha value is -2.46. The van der Waals surface area contributed by atoms with Crippen LogP contribution in [0.1, 0.15) is 36.7 Å². The predicted octanol–water partition coefficient (Wildman–Crippen LogP) is 3.17. The lowest BCUT2D eigenvalue weighted by Gasteiger charge is -2.22. The lowest BCUT2D eigenvalue weighted by molar-refractivity contribution is -0.690. The number of aromatic amines is 1. The molecule has 1 unspecified atom stereocenters. The van der Waals surface area contributed by atoms with Gasteiger partial charge in [-0.05, 0) is 43.7 Å². The molecule has 0 fully saturated rings. The summed E-state index contributed by atoms with van der Waals surface area (Å²) in [5.41, 5.74) is 5.22. The Labute approximate surface area is 148 Å². The molecule has 4 heteroatoms. The zero-order valence-corrected chi connectivity index (χ0v) is 15.0. The maximum Gasteiger partial charge on any atom is 0.161 e. The highest BCUT2D eigenvalue weighted by Gasteiger charge is 2.29. The number of hydrogen-bond donors (Lipinski definition) is 2. The topological polar surface area (TPSA) is 50.9 Å². The minimum Gasteiger partial charge on any atom is -0.493 e. The van der Waals surface area contributed by atoms with Crippen molar-refractivity contribution in [3.05, 3.63) is 59.3 Å². The zero-order valence-electron chi connectivity index (χ0n) is 15.0. The first-order chi connectivity index (χ1) is 12.2. The molecular formula is C21H25N2O2+. The minimum absolute atomic E-state index is 0.126. The van der Waals surface area contributed by atoms with Crippen LogP contribution >= 0.6 is 0 Å². The summed E-state index contributed by atoms with van der Waals surface area (Å²) in [7, 11) is 1.70. The molecule has 0 saturated heterocycles. The van der Waals surface area contributed by atoms with E-state index in [9.17, 15) is 0 Å². The van der Waals surface area contributed by atoms with Gasteiger partial charge in [0.25, 0.3) is 0 Å². The van der Waals surface area contributed by atoms with Crippen molar-refractivity contribution in [1.29, 1.82) is 0 Å². The Morgan fingerprint density at radius 2 is 1.96 bits per heavy atom. The molecule has 0 saturated carbocycles. The van der Waals surface area contributed by atoms with Gasteiger partial charge in [0.1, 0.15) is 0 Å². The third-order valence-corrected chi connectivity index (χ3v) is 4.86. The third kappa shape index (κ3) is 2.87. The highest BCUT2D eigenvalue weighted by Crippen LogP contribution is 2.35. The fourth-order valence-corrected chi connectivity index (χ4v) is 3.80. The Kier molecular flexibility index (Phi) is 4.14. The lowest BCUT2D eigenvalue weighted by Crippen LogP contribution is -2.87. The van der Waals surface area contributed by atoms with Gasteiger partial charge in [0, 0.05) is 22.9 Å². The Morgan fingerprint density at radius 1 is 1.12 bits per heavy atom. The molecule has 4 nitrogen and oxygen atoms in total. The van der Waals surface area contributed by atoms with Gasteiger partial charge in [-0.1, -0.05) is 18.2 Å². The van der Waals surface area contributed by atoms with E-state index < -0.39 is 0 Å². The minimum atomic E-state index is 0.126. The highest BCUT2D eigenvalue weighted by molar-refractivity contribution is 5.85. The van der Waals surface area contributed by atoms with Gasteiger partial charge in [0.15, 0.2) is 17.5 Å². The van der Waals surface area contributed by atoms with Crippen LogP contribution in [-0.2, 0) is 6.42 Å². The molecule has 0 amide bonds. The Morgan fingerprint density at radius 3 is 2.76 bits per heavy atom. The van der Waals surface area contributed by atoms with Gasteiger partial charge < -0.3 is 19.8 Å². The Bertz CT molecular complexity index is 898. The predicted molar refractivity (Wildman–Crippen MR) is 99.4 cm³/mol. The average molecular weight is 337 g/mol. The van der Waals surface area contributed by atoms with Crippen LogP contribution in [-0.4, -0.2) is 24.7 Å². The van der Waals surface area contributed by atoms with Gasteiger partial charge in [0.2, 0.25) is 0 Å². The summed E-state index contributed by atoms with van der Waals surface area (Å²) in [6, 6.07) is 15.1. The fraction of sp³-hybridized carbons (Fsp3) is 0.333. The van der Waals surface area contributed by atoms with E-state index in [1.54, 1.807) is 7.11 Å². The van der Waals surface area contributed by atoms with E-state index in [0.29, 0.717) is 0 Å². The fourth-order valence-electron chi connectivity index (χ4n) is 3.80. The van der Waals surface area contributed by atoms with Crippen LogP contribution in [0.3, 0.4) is 0 Å². The molecule has 2 heterocycles. The van der Waals surface area contributed by atoms with Crippen molar-refractivity contribution in [1.82, 2.24) is 4.98 Å². The van der Waals surface area contributed by atoms with E-state index >= 15 is 0 Å². The second kappa shape index (κ2) is 6.45. The normalized spacial score (nSPS) is 16.9. The van der Waals surface area contributed by atoms with E-state index in [-0.39, 0.29) is 12.1 Å². The number of nitrogens with two attached hydrogens (primary N) is 1. The van der Waals surface area contributed by atoms with Gasteiger partial charge in [-0.15, -0.1) is 0 Å². The molecule has 25 heavy (non-hydrogen) atoms. The van der Waals surface area contributed by atoms with Crippen molar-refractivity contribution in [2.45, 2.75) is 32.4 Å². The number of rotatable bonds is 4. The van der Waals surface area contributed by atoms with Crippen LogP contribution in [0.15, 0.2) is 42.5 Å².